The summed E-state index contributed by atoms with van der Waals surface area (Å²) in [5.41, 5.74) is 0. The summed E-state index contributed by atoms with van der Waals surface area (Å²) in [5.74, 6) is -0.506. The number of aliphatic hydroxyl groups excluding tert-OH is 5. The molecule has 1 rings (SSSR count). The molecular weight excluding hydrogens is 860 g/mol. The van der Waals surface area contributed by atoms with Gasteiger partial charge in [0.1, 0.15) is 42.7 Å². The Hall–Kier alpha value is -3.00. The second-order valence-electron chi connectivity index (χ2n) is 16.5. The van der Waals surface area contributed by atoms with Gasteiger partial charge in [0.15, 0.2) is 0 Å². The molecule has 0 saturated heterocycles. The fraction of sp³-hybridized carbons (Fsp3) is 0.642. The number of hydrogen-bond acceptors (Lipinski definition) is 11. The molecule has 13 heteroatoms. The van der Waals surface area contributed by atoms with Crippen molar-refractivity contribution in [2.45, 2.75) is 198 Å². The molecule has 0 heterocycles. The molecule has 6 atom stereocenters. The normalized spacial score (nSPS) is 22.4. The summed E-state index contributed by atoms with van der Waals surface area (Å²) >= 11 is 0. The fourth-order valence-corrected chi connectivity index (χ4v) is 7.76. The van der Waals surface area contributed by atoms with Crippen molar-refractivity contribution in [2.75, 3.05) is 19.8 Å². The number of ether oxygens (including phenoxy) is 2. The van der Waals surface area contributed by atoms with Crippen LogP contribution in [-0.2, 0) is 27.9 Å². The highest BCUT2D eigenvalue weighted by molar-refractivity contribution is 7.47. The molecule has 0 spiro atoms. The Labute approximate surface area is 397 Å². The lowest BCUT2D eigenvalue weighted by molar-refractivity contribution is -0.220. The molecule has 0 amide bonds. The summed E-state index contributed by atoms with van der Waals surface area (Å²) in [6.45, 7) is 3.91. The lowest BCUT2D eigenvalue weighted by atomic mass is 9.85. The summed E-state index contributed by atoms with van der Waals surface area (Å²) in [6.07, 6.45) is 47.2. The maximum atomic E-state index is 12.8. The Morgan fingerprint density at radius 3 is 1.29 bits per heavy atom. The zero-order chi connectivity index (χ0) is 48.4. The molecule has 6 N–H and O–H groups in total. The van der Waals surface area contributed by atoms with Gasteiger partial charge in [0, 0.05) is 13.0 Å². The predicted octanol–water partition coefficient (Wildman–Crippen LogP) is 10.9. The van der Waals surface area contributed by atoms with Crippen molar-refractivity contribution < 1.29 is 58.3 Å². The van der Waals surface area contributed by atoms with Crippen LogP contribution in [0.1, 0.15) is 155 Å². The van der Waals surface area contributed by atoms with Gasteiger partial charge in [0.2, 0.25) is 0 Å². The number of hydrogen-bond donors (Lipinski definition) is 6. The van der Waals surface area contributed by atoms with Gasteiger partial charge in [-0.25, -0.2) is 4.57 Å². The van der Waals surface area contributed by atoms with E-state index in [9.17, 15) is 39.8 Å². The summed E-state index contributed by atoms with van der Waals surface area (Å²) in [7, 11) is -5.05. The van der Waals surface area contributed by atoms with Crippen LogP contribution in [0.5, 0.6) is 0 Å². The van der Waals surface area contributed by atoms with Gasteiger partial charge in [-0.05, 0) is 96.3 Å². The van der Waals surface area contributed by atoms with E-state index in [1.807, 2.05) is 0 Å². The third-order valence-electron chi connectivity index (χ3n) is 10.6. The van der Waals surface area contributed by atoms with Crippen LogP contribution in [0.2, 0.25) is 0 Å². The van der Waals surface area contributed by atoms with Crippen LogP contribution in [-0.4, -0.2) is 98.9 Å². The minimum Gasteiger partial charge on any atom is -0.457 e. The lowest BCUT2D eigenvalue weighted by Gasteiger charge is -2.41. The summed E-state index contributed by atoms with van der Waals surface area (Å²) in [4.78, 5) is 23.2. The van der Waals surface area contributed by atoms with E-state index in [0.29, 0.717) is 13.0 Å². The van der Waals surface area contributed by atoms with Gasteiger partial charge in [-0.15, -0.1) is 0 Å². The minimum atomic E-state index is -5.05. The number of phosphoric ester groups is 1. The fourth-order valence-electron chi connectivity index (χ4n) is 6.78. The number of unbranched alkanes of at least 4 members (excludes halogenated alkanes) is 10. The molecule has 66 heavy (non-hydrogen) atoms. The van der Waals surface area contributed by atoms with Crippen LogP contribution in [0.3, 0.4) is 0 Å². The van der Waals surface area contributed by atoms with Gasteiger partial charge in [0.25, 0.3) is 0 Å². The number of esters is 1. The summed E-state index contributed by atoms with van der Waals surface area (Å²) in [6, 6.07) is 0. The molecule has 1 aliphatic rings. The van der Waals surface area contributed by atoms with E-state index in [2.05, 4.69) is 123 Å². The van der Waals surface area contributed by atoms with Gasteiger partial charge in [-0.1, -0.05) is 162 Å². The van der Waals surface area contributed by atoms with E-state index in [-0.39, 0.29) is 13.0 Å². The molecule has 0 aliphatic heterocycles. The van der Waals surface area contributed by atoms with E-state index in [0.717, 1.165) is 109 Å². The number of aliphatic hydroxyl groups is 5. The summed E-state index contributed by atoms with van der Waals surface area (Å²) in [5, 5.41) is 50.3. The van der Waals surface area contributed by atoms with Gasteiger partial charge < -0.3 is 39.9 Å². The van der Waals surface area contributed by atoms with Gasteiger partial charge in [0.05, 0.1) is 13.2 Å². The first kappa shape index (κ1) is 61.0. The molecule has 0 aromatic rings. The Morgan fingerprint density at radius 2 is 0.848 bits per heavy atom. The Bertz CT molecular complexity index is 1500. The topological polar surface area (TPSA) is 192 Å². The highest BCUT2D eigenvalue weighted by Crippen LogP contribution is 2.47. The van der Waals surface area contributed by atoms with Crippen molar-refractivity contribution in [3.05, 3.63) is 109 Å². The molecule has 12 nitrogen and oxygen atoms in total. The molecule has 1 aliphatic carbocycles. The Kier molecular flexibility index (Phi) is 38.9. The molecule has 6 unspecified atom stereocenters. The SMILES string of the molecule is CC/C=C\C/C=C\C/C=C\C/C=C\C/C=C\CCCCOCC(COP(=O)(O)OC1C(O)C(O)C(O)C(O)C1O)OC(=O)CCCCCCCCCC/C=C\C/C=C\C/C=C\C/C=C\CC. The van der Waals surface area contributed by atoms with Gasteiger partial charge in [-0.2, -0.15) is 0 Å². The first-order valence-electron chi connectivity index (χ1n) is 24.7. The first-order chi connectivity index (χ1) is 32.0. The molecule has 376 valence electrons. The van der Waals surface area contributed by atoms with E-state index >= 15 is 0 Å². The van der Waals surface area contributed by atoms with E-state index < -0.39 is 63.1 Å². The maximum absolute atomic E-state index is 12.8. The monoisotopic (exact) mass is 947 g/mol. The van der Waals surface area contributed by atoms with E-state index in [1.165, 1.54) is 19.3 Å². The van der Waals surface area contributed by atoms with Crippen LogP contribution in [0.15, 0.2) is 109 Å². The smallest absolute Gasteiger partial charge is 0.457 e. The van der Waals surface area contributed by atoms with Gasteiger partial charge in [-0.3, -0.25) is 13.8 Å². The van der Waals surface area contributed by atoms with E-state index in [4.69, 9.17) is 18.5 Å². The van der Waals surface area contributed by atoms with Gasteiger partial charge >= 0.3 is 13.8 Å². The largest absolute Gasteiger partial charge is 0.472 e. The van der Waals surface area contributed by atoms with Crippen LogP contribution in [0, 0.1) is 0 Å². The molecule has 0 aromatic carbocycles. The highest BCUT2D eigenvalue weighted by atomic mass is 31.2. The second-order valence-corrected chi connectivity index (χ2v) is 18.0. The molecule has 0 radical (unpaired) electrons. The third-order valence-corrected chi connectivity index (χ3v) is 11.6. The maximum Gasteiger partial charge on any atom is 0.472 e. The van der Waals surface area contributed by atoms with Crippen molar-refractivity contribution in [2.24, 2.45) is 0 Å². The number of allylic oxidation sites excluding steroid dienone is 18. The molecule has 0 bridgehead atoms. The van der Waals surface area contributed by atoms with Crippen molar-refractivity contribution in [1.82, 2.24) is 0 Å². The Morgan fingerprint density at radius 1 is 0.485 bits per heavy atom. The average Bonchev–Trinajstić information content (AvgIpc) is 3.30. The zero-order valence-electron chi connectivity index (χ0n) is 40.2. The highest BCUT2D eigenvalue weighted by Gasteiger charge is 2.51. The standard InChI is InChI=1S/C53H87O12P/c1-3-5-7-9-11-13-15-17-19-21-23-24-25-26-28-30-32-34-36-38-40-42-47(54)64-46(45-63-66(60,61)65-53-51(58)49(56)48(55)50(57)52(53)59)44-62-43-41-39-37-35-33-31-29-27-22-20-18-16-14-12-10-8-6-4-2/h5-8,11-14,17-20,23-24,27,29,33,35,46,48-53,55-59H,3-4,9-10,15-16,21-22,25-26,28,30-32,34,36-45H2,1-2H3,(H,60,61)/b7-5-,8-6-,13-11-,14-12-,19-17-,20-18-,24-23-,29-27-,35-33-. The molecular formula is C53H87O12P. The Balaban J connectivity index is 2.41. The quantitative estimate of drug-likeness (QED) is 0.0148. The minimum absolute atomic E-state index is 0.117. The number of carbonyl (C=O) groups is 1. The number of phosphoric acid groups is 1. The zero-order valence-corrected chi connectivity index (χ0v) is 41.1. The predicted molar refractivity (Wildman–Crippen MR) is 267 cm³/mol. The average molecular weight is 947 g/mol. The van der Waals surface area contributed by atoms with E-state index in [1.54, 1.807) is 0 Å². The molecule has 0 aromatic heterocycles. The van der Waals surface area contributed by atoms with Crippen molar-refractivity contribution in [1.29, 1.82) is 0 Å². The van der Waals surface area contributed by atoms with Crippen LogP contribution in [0.25, 0.3) is 0 Å². The van der Waals surface area contributed by atoms with Crippen molar-refractivity contribution >= 4 is 13.8 Å². The summed E-state index contributed by atoms with van der Waals surface area (Å²) < 4.78 is 34.2. The van der Waals surface area contributed by atoms with Crippen molar-refractivity contribution in [3.8, 4) is 0 Å². The number of carbonyl (C=O) groups excluding carboxylic acids is 1. The van der Waals surface area contributed by atoms with Crippen molar-refractivity contribution in [3.63, 3.8) is 0 Å². The van der Waals surface area contributed by atoms with Crippen LogP contribution < -0.4 is 0 Å². The van der Waals surface area contributed by atoms with Crippen LogP contribution >= 0.6 is 7.82 Å². The molecule has 1 fully saturated rings. The third kappa shape index (κ3) is 33.5. The second kappa shape index (κ2) is 42.1. The number of rotatable bonds is 40. The lowest BCUT2D eigenvalue weighted by Crippen LogP contribution is -2.64. The molecule has 1 saturated carbocycles. The van der Waals surface area contributed by atoms with Crippen LogP contribution in [0.4, 0.5) is 0 Å². The first-order valence-corrected chi connectivity index (χ1v) is 26.2.